The summed E-state index contributed by atoms with van der Waals surface area (Å²) >= 11 is 11.2. The van der Waals surface area contributed by atoms with Gasteiger partial charge >= 0.3 is 0 Å². The minimum atomic E-state index is -0.784. The normalized spacial score (nSPS) is 11.0. The summed E-state index contributed by atoms with van der Waals surface area (Å²) in [6, 6.07) is 6.99. The SMILES string of the molecule is COc1ccc2c(c1)[nH]c(=S)n2-c1c(F)cc(F)cc1Cl. The number of benzene rings is 2. The number of H-pyrrole nitrogens is 1. The predicted molar refractivity (Wildman–Crippen MR) is 79.9 cm³/mol. The highest BCUT2D eigenvalue weighted by atomic mass is 35.5. The second kappa shape index (κ2) is 5.13. The van der Waals surface area contributed by atoms with Crippen LogP contribution in [0.4, 0.5) is 8.78 Å². The Morgan fingerprint density at radius 2 is 2.00 bits per heavy atom. The van der Waals surface area contributed by atoms with Gasteiger partial charge in [0.1, 0.15) is 17.3 Å². The van der Waals surface area contributed by atoms with Gasteiger partial charge < -0.3 is 9.72 Å². The Bertz CT molecular complexity index is 881. The van der Waals surface area contributed by atoms with Crippen LogP contribution < -0.4 is 4.74 Å². The Morgan fingerprint density at radius 1 is 1.24 bits per heavy atom. The first-order chi connectivity index (χ1) is 10.0. The Hall–Kier alpha value is -1.92. The number of ether oxygens (including phenoxy) is 1. The minimum Gasteiger partial charge on any atom is -0.497 e. The van der Waals surface area contributed by atoms with E-state index in [1.807, 2.05) is 0 Å². The number of fused-ring (bicyclic) bond motifs is 1. The lowest BCUT2D eigenvalue weighted by molar-refractivity contribution is 0.415. The predicted octanol–water partition coefficient (Wildman–Crippen LogP) is 4.63. The van der Waals surface area contributed by atoms with E-state index in [2.05, 4.69) is 4.98 Å². The van der Waals surface area contributed by atoms with Crippen LogP contribution in [-0.4, -0.2) is 16.7 Å². The first-order valence-corrected chi connectivity index (χ1v) is 6.73. The first kappa shape index (κ1) is 14.0. The van der Waals surface area contributed by atoms with Gasteiger partial charge in [-0.15, -0.1) is 0 Å². The molecule has 0 saturated carbocycles. The van der Waals surface area contributed by atoms with Crippen LogP contribution in [0.3, 0.4) is 0 Å². The number of aromatic nitrogens is 2. The van der Waals surface area contributed by atoms with E-state index in [4.69, 9.17) is 28.6 Å². The van der Waals surface area contributed by atoms with E-state index in [1.54, 1.807) is 25.3 Å². The van der Waals surface area contributed by atoms with Gasteiger partial charge in [0.2, 0.25) is 0 Å². The number of hydrogen-bond acceptors (Lipinski definition) is 2. The molecule has 0 aliphatic carbocycles. The Labute approximate surface area is 128 Å². The van der Waals surface area contributed by atoms with Crippen molar-refractivity contribution in [3.05, 3.63) is 51.8 Å². The zero-order valence-electron chi connectivity index (χ0n) is 10.8. The van der Waals surface area contributed by atoms with Gasteiger partial charge in [-0.05, 0) is 30.4 Å². The second-order valence-electron chi connectivity index (χ2n) is 4.37. The molecule has 0 aliphatic heterocycles. The number of halogens is 3. The molecule has 2 aromatic carbocycles. The van der Waals surface area contributed by atoms with Crippen LogP contribution in [0.5, 0.6) is 5.75 Å². The molecule has 0 bridgehead atoms. The number of hydrogen-bond donors (Lipinski definition) is 1. The molecule has 0 atom stereocenters. The third-order valence-electron chi connectivity index (χ3n) is 3.09. The highest BCUT2D eigenvalue weighted by molar-refractivity contribution is 7.71. The van der Waals surface area contributed by atoms with Gasteiger partial charge in [-0.1, -0.05) is 11.6 Å². The summed E-state index contributed by atoms with van der Waals surface area (Å²) in [5, 5.41) is -0.0553. The fraction of sp³-hybridized carbons (Fsp3) is 0.0714. The number of nitrogens with one attached hydrogen (secondary N) is 1. The molecule has 1 heterocycles. The van der Waals surface area contributed by atoms with Crippen molar-refractivity contribution in [3.63, 3.8) is 0 Å². The van der Waals surface area contributed by atoms with Crippen molar-refractivity contribution in [3.8, 4) is 11.4 Å². The number of aromatic amines is 1. The van der Waals surface area contributed by atoms with E-state index in [9.17, 15) is 8.78 Å². The Balaban J connectivity index is 2.36. The molecule has 0 amide bonds. The molecule has 0 saturated heterocycles. The topological polar surface area (TPSA) is 29.9 Å². The summed E-state index contributed by atoms with van der Waals surface area (Å²) in [4.78, 5) is 2.95. The van der Waals surface area contributed by atoms with E-state index < -0.39 is 11.6 Å². The standard InChI is InChI=1S/C14H9ClF2N2OS/c1-20-8-2-3-12-11(6-8)18-14(21)19(12)13-9(15)4-7(16)5-10(13)17/h2-6H,1H3,(H,18,21). The van der Waals surface area contributed by atoms with Gasteiger partial charge in [0.15, 0.2) is 10.6 Å². The smallest absolute Gasteiger partial charge is 0.182 e. The van der Waals surface area contributed by atoms with E-state index in [0.717, 1.165) is 12.1 Å². The van der Waals surface area contributed by atoms with Crippen LogP contribution in [0.2, 0.25) is 5.02 Å². The molecular weight excluding hydrogens is 318 g/mol. The van der Waals surface area contributed by atoms with Gasteiger partial charge in [0.05, 0.1) is 23.2 Å². The first-order valence-electron chi connectivity index (χ1n) is 5.95. The third-order valence-corrected chi connectivity index (χ3v) is 3.67. The van der Waals surface area contributed by atoms with E-state index in [0.29, 0.717) is 16.8 Å². The zero-order chi connectivity index (χ0) is 15.1. The molecule has 1 aromatic heterocycles. The molecule has 0 radical (unpaired) electrons. The number of rotatable bonds is 2. The van der Waals surface area contributed by atoms with Crippen LogP contribution in [0.25, 0.3) is 16.7 Å². The van der Waals surface area contributed by atoms with Crippen LogP contribution in [0.15, 0.2) is 30.3 Å². The average molecular weight is 327 g/mol. The van der Waals surface area contributed by atoms with Crippen molar-refractivity contribution >= 4 is 34.9 Å². The van der Waals surface area contributed by atoms with Crippen LogP contribution in [-0.2, 0) is 0 Å². The summed E-state index contributed by atoms with van der Waals surface area (Å²) in [6.07, 6.45) is 0. The third kappa shape index (κ3) is 2.30. The molecule has 1 N–H and O–H groups in total. The molecule has 21 heavy (non-hydrogen) atoms. The lowest BCUT2D eigenvalue weighted by Crippen LogP contribution is -2.00. The number of imidazole rings is 1. The van der Waals surface area contributed by atoms with Crippen molar-refractivity contribution in [2.45, 2.75) is 0 Å². The highest BCUT2D eigenvalue weighted by Gasteiger charge is 2.16. The van der Waals surface area contributed by atoms with E-state index >= 15 is 0 Å². The lowest BCUT2D eigenvalue weighted by Gasteiger charge is -2.09. The number of methoxy groups -OCH3 is 1. The van der Waals surface area contributed by atoms with Crippen molar-refractivity contribution in [2.24, 2.45) is 0 Å². The van der Waals surface area contributed by atoms with Gasteiger partial charge in [-0.2, -0.15) is 0 Å². The maximum atomic E-state index is 14.1. The zero-order valence-corrected chi connectivity index (χ0v) is 12.4. The Morgan fingerprint density at radius 3 is 2.67 bits per heavy atom. The van der Waals surface area contributed by atoms with Crippen LogP contribution in [0, 0.1) is 16.4 Å². The molecular formula is C14H9ClF2N2OS. The maximum absolute atomic E-state index is 14.1. The fourth-order valence-corrected chi connectivity index (χ4v) is 2.77. The minimum absolute atomic E-state index is 0.0134. The fourth-order valence-electron chi connectivity index (χ4n) is 2.19. The van der Waals surface area contributed by atoms with Gasteiger partial charge in [-0.25, -0.2) is 8.78 Å². The quantitative estimate of drug-likeness (QED) is 0.696. The summed E-state index contributed by atoms with van der Waals surface area (Å²) in [6.45, 7) is 0. The van der Waals surface area contributed by atoms with Gasteiger partial charge in [-0.3, -0.25) is 4.57 Å². The van der Waals surface area contributed by atoms with Crippen molar-refractivity contribution in [2.75, 3.05) is 7.11 Å². The maximum Gasteiger partial charge on any atom is 0.182 e. The summed E-state index contributed by atoms with van der Waals surface area (Å²) in [5.74, 6) is -0.890. The molecule has 0 spiro atoms. The highest BCUT2D eigenvalue weighted by Crippen LogP contribution is 2.30. The van der Waals surface area contributed by atoms with Gasteiger partial charge in [0, 0.05) is 12.1 Å². The van der Waals surface area contributed by atoms with Crippen molar-refractivity contribution in [1.29, 1.82) is 0 Å². The molecule has 3 rings (SSSR count). The van der Waals surface area contributed by atoms with Crippen LogP contribution in [0.1, 0.15) is 0 Å². The summed E-state index contributed by atoms with van der Waals surface area (Å²) in [7, 11) is 1.54. The average Bonchev–Trinajstić information content (AvgIpc) is 2.73. The van der Waals surface area contributed by atoms with Crippen molar-refractivity contribution in [1.82, 2.24) is 9.55 Å². The second-order valence-corrected chi connectivity index (χ2v) is 5.16. The number of nitrogens with zero attached hydrogens (tertiary/aromatic N) is 1. The van der Waals surface area contributed by atoms with Crippen LogP contribution >= 0.6 is 23.8 Å². The molecule has 3 nitrogen and oxygen atoms in total. The molecule has 3 aromatic rings. The molecule has 7 heteroatoms. The Kier molecular flexibility index (Phi) is 3.43. The van der Waals surface area contributed by atoms with Crippen molar-refractivity contribution < 1.29 is 13.5 Å². The molecule has 0 aliphatic rings. The van der Waals surface area contributed by atoms with E-state index in [-0.39, 0.29) is 15.5 Å². The molecule has 0 unspecified atom stereocenters. The monoisotopic (exact) mass is 326 g/mol. The largest absolute Gasteiger partial charge is 0.497 e. The molecule has 0 fully saturated rings. The summed E-state index contributed by atoms with van der Waals surface area (Å²) in [5.41, 5.74) is 1.30. The lowest BCUT2D eigenvalue weighted by atomic mass is 10.2. The van der Waals surface area contributed by atoms with Gasteiger partial charge in [0.25, 0.3) is 0 Å². The van der Waals surface area contributed by atoms with E-state index in [1.165, 1.54) is 4.57 Å². The summed E-state index contributed by atoms with van der Waals surface area (Å²) < 4.78 is 34.1. The molecule has 108 valence electrons.